The molecule has 1 fully saturated rings. The Kier molecular flexibility index (Phi) is 5.17. The summed E-state index contributed by atoms with van der Waals surface area (Å²) >= 11 is 0. The highest BCUT2D eigenvalue weighted by Gasteiger charge is 2.32. The molecule has 29 heavy (non-hydrogen) atoms. The SMILES string of the molecule is O=CN(CC(Nc1nc2ccccc2[nH]1)c1cccc(C(F)(F)F)c1)C1CCC1. The number of aromatic nitrogens is 2. The first-order valence-corrected chi connectivity index (χ1v) is 9.53. The molecule has 0 aliphatic heterocycles. The summed E-state index contributed by atoms with van der Waals surface area (Å²) in [6.07, 6.45) is -0.763. The molecule has 4 rings (SSSR count). The fraction of sp³-hybridized carbons (Fsp3) is 0.333. The van der Waals surface area contributed by atoms with E-state index in [-0.39, 0.29) is 12.6 Å². The average molecular weight is 402 g/mol. The minimum atomic E-state index is -4.43. The molecule has 1 amide bonds. The second-order valence-electron chi connectivity index (χ2n) is 7.31. The number of nitrogens with zero attached hydrogens (tertiary/aromatic N) is 2. The number of imidazole rings is 1. The normalized spacial score (nSPS) is 15.7. The van der Waals surface area contributed by atoms with E-state index in [1.165, 1.54) is 6.07 Å². The van der Waals surface area contributed by atoms with E-state index >= 15 is 0 Å². The number of halogens is 3. The summed E-state index contributed by atoms with van der Waals surface area (Å²) in [5.74, 6) is 0.452. The van der Waals surface area contributed by atoms with Crippen molar-refractivity contribution in [2.45, 2.75) is 37.5 Å². The van der Waals surface area contributed by atoms with Gasteiger partial charge in [0.1, 0.15) is 0 Å². The zero-order valence-electron chi connectivity index (χ0n) is 15.6. The summed E-state index contributed by atoms with van der Waals surface area (Å²) < 4.78 is 39.6. The maximum absolute atomic E-state index is 13.2. The molecule has 1 heterocycles. The number of rotatable bonds is 7. The van der Waals surface area contributed by atoms with Gasteiger partial charge in [0.15, 0.2) is 0 Å². The second kappa shape index (κ2) is 7.77. The van der Waals surface area contributed by atoms with Crippen molar-refractivity contribution in [3.8, 4) is 0 Å². The minimum Gasteiger partial charge on any atom is -0.347 e. The van der Waals surface area contributed by atoms with Gasteiger partial charge in [-0.15, -0.1) is 0 Å². The first kappa shape index (κ1) is 19.3. The minimum absolute atomic E-state index is 0.137. The molecule has 0 radical (unpaired) electrons. The van der Waals surface area contributed by atoms with Crippen LogP contribution in [0.15, 0.2) is 48.5 Å². The summed E-state index contributed by atoms with van der Waals surface area (Å²) in [5.41, 5.74) is 1.31. The molecule has 1 aromatic heterocycles. The van der Waals surface area contributed by atoms with Crippen LogP contribution in [0.1, 0.15) is 36.4 Å². The summed E-state index contributed by atoms with van der Waals surface area (Å²) in [4.78, 5) is 20.9. The van der Waals surface area contributed by atoms with E-state index in [4.69, 9.17) is 0 Å². The number of alkyl halides is 3. The Morgan fingerprint density at radius 2 is 2.00 bits per heavy atom. The van der Waals surface area contributed by atoms with Gasteiger partial charge in [-0.3, -0.25) is 4.79 Å². The number of benzene rings is 2. The number of hydrogen-bond acceptors (Lipinski definition) is 3. The van der Waals surface area contributed by atoms with Crippen molar-refractivity contribution in [1.29, 1.82) is 0 Å². The first-order chi connectivity index (χ1) is 13.9. The molecule has 1 aliphatic carbocycles. The van der Waals surface area contributed by atoms with Gasteiger partial charge in [0.2, 0.25) is 12.4 Å². The van der Waals surface area contributed by atoms with Crippen molar-refractivity contribution in [3.05, 3.63) is 59.7 Å². The molecule has 5 nitrogen and oxygen atoms in total. The van der Waals surface area contributed by atoms with Crippen molar-refractivity contribution >= 4 is 23.4 Å². The van der Waals surface area contributed by atoms with Crippen LogP contribution in [0.4, 0.5) is 19.1 Å². The van der Waals surface area contributed by atoms with Gasteiger partial charge in [-0.2, -0.15) is 13.2 Å². The average Bonchev–Trinajstić information content (AvgIpc) is 3.07. The molecule has 8 heteroatoms. The van der Waals surface area contributed by atoms with Crippen molar-refractivity contribution in [3.63, 3.8) is 0 Å². The summed E-state index contributed by atoms with van der Waals surface area (Å²) in [6, 6.07) is 12.3. The Morgan fingerprint density at radius 1 is 1.21 bits per heavy atom. The Bertz CT molecular complexity index is 964. The lowest BCUT2D eigenvalue weighted by Gasteiger charge is -2.37. The molecule has 1 unspecified atom stereocenters. The third-order valence-corrected chi connectivity index (χ3v) is 5.39. The third-order valence-electron chi connectivity index (χ3n) is 5.39. The van der Waals surface area contributed by atoms with Crippen LogP contribution < -0.4 is 5.32 Å². The van der Waals surface area contributed by atoms with Crippen LogP contribution in [0, 0.1) is 0 Å². The van der Waals surface area contributed by atoms with Gasteiger partial charge in [0.05, 0.1) is 22.6 Å². The van der Waals surface area contributed by atoms with Crippen LogP contribution in [-0.4, -0.2) is 33.9 Å². The maximum Gasteiger partial charge on any atom is 0.416 e. The van der Waals surface area contributed by atoms with Crippen molar-refractivity contribution in [2.75, 3.05) is 11.9 Å². The zero-order valence-corrected chi connectivity index (χ0v) is 15.6. The van der Waals surface area contributed by atoms with Gasteiger partial charge >= 0.3 is 6.18 Å². The lowest BCUT2D eigenvalue weighted by atomic mass is 9.91. The van der Waals surface area contributed by atoms with Gasteiger partial charge in [-0.25, -0.2) is 4.98 Å². The number of fused-ring (bicyclic) bond motifs is 1. The van der Waals surface area contributed by atoms with E-state index in [1.54, 1.807) is 11.0 Å². The molecule has 1 saturated carbocycles. The van der Waals surface area contributed by atoms with Crippen LogP contribution in [0.2, 0.25) is 0 Å². The van der Waals surface area contributed by atoms with E-state index in [0.717, 1.165) is 48.8 Å². The first-order valence-electron chi connectivity index (χ1n) is 9.53. The molecule has 3 aromatic rings. The molecule has 0 bridgehead atoms. The van der Waals surface area contributed by atoms with E-state index in [1.807, 2.05) is 24.3 Å². The van der Waals surface area contributed by atoms with E-state index in [2.05, 4.69) is 15.3 Å². The molecule has 152 valence electrons. The number of carbonyl (C=O) groups is 1. The zero-order chi connectivity index (χ0) is 20.4. The van der Waals surface area contributed by atoms with Crippen molar-refractivity contribution in [1.82, 2.24) is 14.9 Å². The Balaban J connectivity index is 1.65. The van der Waals surface area contributed by atoms with Gasteiger partial charge in [0.25, 0.3) is 0 Å². The number of carbonyl (C=O) groups excluding carboxylic acids is 1. The maximum atomic E-state index is 13.2. The molecule has 0 saturated heterocycles. The number of hydrogen-bond donors (Lipinski definition) is 2. The van der Waals surface area contributed by atoms with Crippen molar-refractivity contribution in [2.24, 2.45) is 0 Å². The summed E-state index contributed by atoms with van der Waals surface area (Å²) in [5, 5.41) is 3.20. The van der Waals surface area contributed by atoms with Crippen molar-refractivity contribution < 1.29 is 18.0 Å². The number of nitrogens with one attached hydrogen (secondary N) is 2. The van der Waals surface area contributed by atoms with Gasteiger partial charge in [0, 0.05) is 12.6 Å². The van der Waals surface area contributed by atoms with E-state index in [9.17, 15) is 18.0 Å². The van der Waals surface area contributed by atoms with E-state index < -0.39 is 17.8 Å². The fourth-order valence-corrected chi connectivity index (χ4v) is 3.56. The number of para-hydroxylation sites is 2. The second-order valence-corrected chi connectivity index (χ2v) is 7.31. The number of H-pyrrole nitrogens is 1. The fourth-order valence-electron chi connectivity index (χ4n) is 3.56. The number of aromatic amines is 1. The van der Waals surface area contributed by atoms with Crippen LogP contribution in [0.3, 0.4) is 0 Å². The standard InChI is InChI=1S/C21H21F3N4O/c22-21(23,24)15-6-3-5-14(11-15)19(12-28(13-29)16-7-4-8-16)27-20-25-17-9-1-2-10-18(17)26-20/h1-3,5-6,9-11,13,16,19H,4,7-8,12H2,(H2,25,26,27). The van der Waals surface area contributed by atoms with Gasteiger partial charge in [-0.1, -0.05) is 24.3 Å². The van der Waals surface area contributed by atoms with Crippen LogP contribution >= 0.6 is 0 Å². The predicted octanol–water partition coefficient (Wildman–Crippen LogP) is 4.75. The number of anilines is 1. The highest BCUT2D eigenvalue weighted by Crippen LogP contribution is 2.32. The van der Waals surface area contributed by atoms with Crippen LogP contribution in [0.5, 0.6) is 0 Å². The van der Waals surface area contributed by atoms with Crippen LogP contribution in [-0.2, 0) is 11.0 Å². The third kappa shape index (κ3) is 4.21. The predicted molar refractivity (Wildman–Crippen MR) is 104 cm³/mol. The number of amides is 1. The molecule has 2 N–H and O–H groups in total. The molecular weight excluding hydrogens is 381 g/mol. The molecule has 0 spiro atoms. The molecule has 1 atom stereocenters. The van der Waals surface area contributed by atoms with Gasteiger partial charge in [-0.05, 0) is 49.1 Å². The highest BCUT2D eigenvalue weighted by atomic mass is 19.4. The quantitative estimate of drug-likeness (QED) is 0.561. The Labute approximate surface area is 165 Å². The summed E-state index contributed by atoms with van der Waals surface area (Å²) in [7, 11) is 0. The Morgan fingerprint density at radius 3 is 2.66 bits per heavy atom. The summed E-state index contributed by atoms with van der Waals surface area (Å²) in [6.45, 7) is 0.256. The lowest BCUT2D eigenvalue weighted by molar-refractivity contribution is -0.137. The monoisotopic (exact) mass is 402 g/mol. The Hall–Kier alpha value is -3.03. The topological polar surface area (TPSA) is 61.0 Å². The largest absolute Gasteiger partial charge is 0.416 e. The highest BCUT2D eigenvalue weighted by molar-refractivity contribution is 5.77. The van der Waals surface area contributed by atoms with Gasteiger partial charge < -0.3 is 15.2 Å². The molecule has 1 aliphatic rings. The van der Waals surface area contributed by atoms with Crippen LogP contribution in [0.25, 0.3) is 11.0 Å². The smallest absolute Gasteiger partial charge is 0.347 e. The molecule has 2 aromatic carbocycles. The van der Waals surface area contributed by atoms with E-state index in [0.29, 0.717) is 11.5 Å². The molecular formula is C21H21F3N4O. The lowest BCUT2D eigenvalue weighted by Crippen LogP contribution is -2.42.